The van der Waals surface area contributed by atoms with E-state index in [0.29, 0.717) is 10.3 Å². The third kappa shape index (κ3) is 1.94. The summed E-state index contributed by atoms with van der Waals surface area (Å²) >= 11 is 1.32. The first-order valence-corrected chi connectivity index (χ1v) is 9.46. The van der Waals surface area contributed by atoms with Gasteiger partial charge in [-0.15, -0.1) is 11.3 Å². The molecule has 0 bridgehead atoms. The number of hydrogen-bond acceptors (Lipinski definition) is 7. The predicted octanol–water partition coefficient (Wildman–Crippen LogP) is 1.73. The van der Waals surface area contributed by atoms with Gasteiger partial charge in [0, 0.05) is 6.26 Å². The SMILES string of the molecule is CS(=O)(=O)c1ncc2c(n1)c(=O)c(C#N)c1sc3ccccc3n12. The Morgan fingerprint density at radius 1 is 1.25 bits per heavy atom. The van der Waals surface area contributed by atoms with Crippen molar-refractivity contribution in [2.45, 2.75) is 5.16 Å². The average Bonchev–Trinajstić information content (AvgIpc) is 2.93. The highest BCUT2D eigenvalue weighted by Crippen LogP contribution is 2.30. The van der Waals surface area contributed by atoms with Crippen LogP contribution in [0.25, 0.3) is 26.1 Å². The Labute approximate surface area is 139 Å². The van der Waals surface area contributed by atoms with Crippen LogP contribution in [0.2, 0.25) is 0 Å². The normalized spacial score (nSPS) is 12.0. The van der Waals surface area contributed by atoms with Crippen molar-refractivity contribution in [2.75, 3.05) is 6.26 Å². The smallest absolute Gasteiger partial charge is 0.247 e. The molecule has 4 aromatic rings. The molecule has 0 amide bonds. The molecule has 0 atom stereocenters. The zero-order chi connectivity index (χ0) is 17.1. The number of hydrogen-bond donors (Lipinski definition) is 0. The molecule has 0 spiro atoms. The first-order chi connectivity index (χ1) is 11.4. The molecule has 0 saturated heterocycles. The van der Waals surface area contributed by atoms with Gasteiger partial charge in [0.15, 0.2) is 0 Å². The number of benzene rings is 1. The van der Waals surface area contributed by atoms with E-state index in [-0.39, 0.29) is 11.1 Å². The van der Waals surface area contributed by atoms with Crippen molar-refractivity contribution < 1.29 is 8.42 Å². The Balaban J connectivity index is 2.35. The number of nitrogens with zero attached hydrogens (tertiary/aromatic N) is 4. The summed E-state index contributed by atoms with van der Waals surface area (Å²) in [5.41, 5.74) is 0.449. The minimum absolute atomic E-state index is 0.0538. The van der Waals surface area contributed by atoms with E-state index in [4.69, 9.17) is 0 Å². The van der Waals surface area contributed by atoms with Crippen LogP contribution in [-0.4, -0.2) is 29.0 Å². The van der Waals surface area contributed by atoms with Gasteiger partial charge >= 0.3 is 0 Å². The lowest BCUT2D eigenvalue weighted by Gasteiger charge is -2.05. The molecule has 3 heterocycles. The van der Waals surface area contributed by atoms with Crippen LogP contribution in [0.3, 0.4) is 0 Å². The lowest BCUT2D eigenvalue weighted by Crippen LogP contribution is -2.14. The molecule has 0 N–H and O–H groups in total. The minimum atomic E-state index is -3.66. The van der Waals surface area contributed by atoms with Crippen LogP contribution in [0.4, 0.5) is 0 Å². The molecule has 0 aliphatic rings. The summed E-state index contributed by atoms with van der Waals surface area (Å²) in [6, 6.07) is 9.36. The fraction of sp³-hybridized carbons (Fsp3) is 0.0667. The van der Waals surface area contributed by atoms with Gasteiger partial charge in [0.1, 0.15) is 22.0 Å². The van der Waals surface area contributed by atoms with Gasteiger partial charge in [0.2, 0.25) is 20.4 Å². The van der Waals surface area contributed by atoms with Crippen LogP contribution in [0.1, 0.15) is 5.56 Å². The fourth-order valence-electron chi connectivity index (χ4n) is 2.57. The predicted molar refractivity (Wildman–Crippen MR) is 90.0 cm³/mol. The van der Waals surface area contributed by atoms with Crippen molar-refractivity contribution in [2.24, 2.45) is 0 Å². The number of para-hydroxylation sites is 1. The second-order valence-electron chi connectivity index (χ2n) is 5.18. The number of nitriles is 1. The molecular formula is C15H8N4O3S2. The molecule has 7 nitrogen and oxygen atoms in total. The van der Waals surface area contributed by atoms with Gasteiger partial charge in [-0.25, -0.2) is 18.4 Å². The van der Waals surface area contributed by atoms with E-state index in [2.05, 4.69) is 9.97 Å². The number of fused-ring (bicyclic) bond motifs is 5. The highest BCUT2D eigenvalue weighted by molar-refractivity contribution is 7.90. The summed E-state index contributed by atoms with van der Waals surface area (Å²) in [4.78, 5) is 20.9. The van der Waals surface area contributed by atoms with E-state index in [1.54, 1.807) is 4.40 Å². The molecule has 1 aromatic carbocycles. The summed E-state index contributed by atoms with van der Waals surface area (Å²) in [7, 11) is -3.66. The Bertz CT molecular complexity index is 1360. The molecule has 24 heavy (non-hydrogen) atoms. The Morgan fingerprint density at radius 3 is 2.71 bits per heavy atom. The molecular weight excluding hydrogens is 348 g/mol. The number of rotatable bonds is 1. The summed E-state index contributed by atoms with van der Waals surface area (Å²) in [5, 5.41) is 8.98. The number of pyridine rings is 1. The monoisotopic (exact) mass is 356 g/mol. The van der Waals surface area contributed by atoms with E-state index >= 15 is 0 Å². The van der Waals surface area contributed by atoms with Crippen LogP contribution in [0.5, 0.6) is 0 Å². The van der Waals surface area contributed by atoms with Gasteiger partial charge in [0.25, 0.3) is 0 Å². The number of thiazole rings is 1. The lowest BCUT2D eigenvalue weighted by molar-refractivity contribution is 0.593. The summed E-state index contributed by atoms with van der Waals surface area (Å²) in [6.45, 7) is 0. The topological polar surface area (TPSA) is 105 Å². The Hall–Kier alpha value is -2.83. The van der Waals surface area contributed by atoms with Gasteiger partial charge in [-0.1, -0.05) is 12.1 Å². The minimum Gasteiger partial charge on any atom is -0.295 e. The van der Waals surface area contributed by atoms with E-state index < -0.39 is 20.4 Å². The molecule has 0 aliphatic carbocycles. The van der Waals surface area contributed by atoms with Crippen LogP contribution in [-0.2, 0) is 9.84 Å². The van der Waals surface area contributed by atoms with Crippen molar-refractivity contribution >= 4 is 47.3 Å². The van der Waals surface area contributed by atoms with Crippen molar-refractivity contribution in [3.05, 3.63) is 46.2 Å². The summed E-state index contributed by atoms with van der Waals surface area (Å²) in [5.74, 6) is 0. The third-order valence-electron chi connectivity index (χ3n) is 3.60. The zero-order valence-corrected chi connectivity index (χ0v) is 13.8. The largest absolute Gasteiger partial charge is 0.295 e. The van der Waals surface area contributed by atoms with Crippen LogP contribution >= 0.6 is 11.3 Å². The van der Waals surface area contributed by atoms with Crippen molar-refractivity contribution in [1.82, 2.24) is 14.4 Å². The van der Waals surface area contributed by atoms with Gasteiger partial charge in [-0.3, -0.25) is 9.20 Å². The molecule has 0 unspecified atom stereocenters. The molecule has 4 rings (SSSR count). The molecule has 0 fully saturated rings. The van der Waals surface area contributed by atoms with Crippen LogP contribution in [0.15, 0.2) is 40.4 Å². The van der Waals surface area contributed by atoms with Gasteiger partial charge in [-0.05, 0) is 12.1 Å². The van der Waals surface area contributed by atoms with Crippen molar-refractivity contribution in [1.29, 1.82) is 5.26 Å². The Morgan fingerprint density at radius 2 is 2.00 bits per heavy atom. The third-order valence-corrected chi connectivity index (χ3v) is 5.61. The highest BCUT2D eigenvalue weighted by atomic mass is 32.2. The molecule has 118 valence electrons. The quantitative estimate of drug-likeness (QED) is 0.481. The molecule has 3 aromatic heterocycles. The van der Waals surface area contributed by atoms with E-state index in [1.807, 2.05) is 30.3 Å². The van der Waals surface area contributed by atoms with Crippen LogP contribution < -0.4 is 5.43 Å². The second-order valence-corrected chi connectivity index (χ2v) is 8.12. The average molecular weight is 356 g/mol. The standard InChI is InChI=1S/C15H8N4O3S2/c1-24(21,22)15-17-7-10-12(18-15)13(20)8(6-16)14-19(10)9-4-2-3-5-11(9)23-14/h2-5,7H,1H3. The molecule has 0 aliphatic heterocycles. The van der Waals surface area contributed by atoms with Gasteiger partial charge in [-0.2, -0.15) is 5.26 Å². The van der Waals surface area contributed by atoms with Gasteiger partial charge in [0.05, 0.1) is 21.9 Å². The Kier molecular flexibility index (Phi) is 2.97. The van der Waals surface area contributed by atoms with Crippen LogP contribution in [0, 0.1) is 11.3 Å². The maximum Gasteiger partial charge on any atom is 0.247 e. The molecule has 0 radical (unpaired) electrons. The number of aromatic nitrogens is 3. The van der Waals surface area contributed by atoms with E-state index in [0.717, 1.165) is 16.5 Å². The second kappa shape index (κ2) is 4.83. The van der Waals surface area contributed by atoms with E-state index in [9.17, 15) is 18.5 Å². The summed E-state index contributed by atoms with van der Waals surface area (Å²) in [6.07, 6.45) is 2.28. The van der Waals surface area contributed by atoms with Gasteiger partial charge < -0.3 is 0 Å². The molecule has 9 heteroatoms. The highest BCUT2D eigenvalue weighted by Gasteiger charge is 2.20. The fourth-order valence-corrected chi connectivity index (χ4v) is 4.22. The first-order valence-electron chi connectivity index (χ1n) is 6.75. The maximum atomic E-state index is 12.6. The summed E-state index contributed by atoms with van der Waals surface area (Å²) < 4.78 is 26.0. The van der Waals surface area contributed by atoms with Crippen molar-refractivity contribution in [3.8, 4) is 6.07 Å². The van der Waals surface area contributed by atoms with Crippen molar-refractivity contribution in [3.63, 3.8) is 0 Å². The zero-order valence-electron chi connectivity index (χ0n) is 12.2. The number of sulfone groups is 1. The lowest BCUT2D eigenvalue weighted by atomic mass is 10.2. The maximum absolute atomic E-state index is 12.6. The first kappa shape index (κ1) is 14.7. The molecule has 0 saturated carbocycles. The van der Waals surface area contributed by atoms with E-state index in [1.165, 1.54) is 17.5 Å².